The lowest BCUT2D eigenvalue weighted by atomic mass is 10.1. The highest BCUT2D eigenvalue weighted by Gasteiger charge is 2.33. The summed E-state index contributed by atoms with van der Waals surface area (Å²) in [5.41, 5.74) is -0.668. The maximum Gasteiger partial charge on any atom is 0.409 e. The topological polar surface area (TPSA) is 95.9 Å². The number of carboxylic acid groups (broad SMARTS) is 1. The number of rotatable bonds is 7. The molecular formula is C15H28N2O5. The summed E-state index contributed by atoms with van der Waals surface area (Å²) >= 11 is 0. The SMILES string of the molecule is CCC[C@H](C(=O)O)N(C(=O)CC)C(C)NC(=O)OC(C)(C)C. The van der Waals surface area contributed by atoms with Crippen LogP contribution in [-0.2, 0) is 14.3 Å². The van der Waals surface area contributed by atoms with E-state index in [1.54, 1.807) is 34.6 Å². The van der Waals surface area contributed by atoms with E-state index in [1.165, 1.54) is 4.90 Å². The predicted molar refractivity (Wildman–Crippen MR) is 82.3 cm³/mol. The van der Waals surface area contributed by atoms with Gasteiger partial charge in [0.1, 0.15) is 17.8 Å². The summed E-state index contributed by atoms with van der Waals surface area (Å²) in [4.78, 5) is 36.6. The summed E-state index contributed by atoms with van der Waals surface area (Å²) in [5, 5.41) is 11.9. The van der Waals surface area contributed by atoms with E-state index in [0.29, 0.717) is 12.8 Å². The van der Waals surface area contributed by atoms with Gasteiger partial charge in [-0.25, -0.2) is 9.59 Å². The normalized spacial score (nSPS) is 13.9. The first kappa shape index (κ1) is 20.2. The van der Waals surface area contributed by atoms with Crippen LogP contribution in [0.1, 0.15) is 60.8 Å². The molecule has 0 aromatic heterocycles. The van der Waals surface area contributed by atoms with Crippen molar-refractivity contribution < 1.29 is 24.2 Å². The second-order valence-electron chi connectivity index (χ2n) is 6.12. The largest absolute Gasteiger partial charge is 0.480 e. The lowest BCUT2D eigenvalue weighted by Gasteiger charge is -2.34. The molecule has 0 aliphatic rings. The molecule has 0 fully saturated rings. The van der Waals surface area contributed by atoms with E-state index in [1.807, 2.05) is 6.92 Å². The number of hydrogen-bond acceptors (Lipinski definition) is 4. The number of amides is 2. The molecule has 0 heterocycles. The van der Waals surface area contributed by atoms with Crippen LogP contribution in [0.4, 0.5) is 4.79 Å². The molecule has 0 aromatic carbocycles. The third kappa shape index (κ3) is 6.78. The zero-order chi connectivity index (χ0) is 17.5. The first-order chi connectivity index (χ1) is 10.0. The Kier molecular flexibility index (Phi) is 7.90. The summed E-state index contributed by atoms with van der Waals surface area (Å²) in [7, 11) is 0. The minimum Gasteiger partial charge on any atom is -0.480 e. The van der Waals surface area contributed by atoms with Crippen LogP contribution >= 0.6 is 0 Å². The summed E-state index contributed by atoms with van der Waals surface area (Å²) in [5.74, 6) is -1.41. The molecule has 0 bridgehead atoms. The van der Waals surface area contributed by atoms with Crippen molar-refractivity contribution in [3.8, 4) is 0 Å². The molecule has 0 saturated carbocycles. The Morgan fingerprint density at radius 3 is 2.14 bits per heavy atom. The number of ether oxygens (including phenoxy) is 1. The van der Waals surface area contributed by atoms with Crippen LogP contribution in [0, 0.1) is 0 Å². The standard InChI is InChI=1S/C15H28N2O5/c1-7-9-11(13(19)20)17(12(18)8-2)10(3)16-14(21)22-15(4,5)6/h10-11H,7-9H2,1-6H3,(H,16,21)(H,19,20)/t10?,11-/m1/s1. The summed E-state index contributed by atoms with van der Waals surface area (Å²) in [6.45, 7) is 10.2. The Morgan fingerprint density at radius 1 is 1.23 bits per heavy atom. The van der Waals surface area contributed by atoms with Crippen molar-refractivity contribution in [2.75, 3.05) is 0 Å². The Hall–Kier alpha value is -1.79. The van der Waals surface area contributed by atoms with Gasteiger partial charge in [0.15, 0.2) is 0 Å². The molecule has 0 saturated heterocycles. The summed E-state index contributed by atoms with van der Waals surface area (Å²) in [6.07, 6.45) is -0.358. The fraction of sp³-hybridized carbons (Fsp3) is 0.800. The monoisotopic (exact) mass is 316 g/mol. The van der Waals surface area contributed by atoms with Crippen molar-refractivity contribution >= 4 is 18.0 Å². The zero-order valence-corrected chi connectivity index (χ0v) is 14.3. The first-order valence-corrected chi connectivity index (χ1v) is 7.56. The predicted octanol–water partition coefficient (Wildman–Crippen LogP) is 2.35. The molecular weight excluding hydrogens is 288 g/mol. The average molecular weight is 316 g/mol. The molecule has 0 aliphatic carbocycles. The summed E-state index contributed by atoms with van der Waals surface area (Å²) < 4.78 is 5.14. The minimum absolute atomic E-state index is 0.161. The molecule has 0 radical (unpaired) electrons. The van der Waals surface area contributed by atoms with Crippen molar-refractivity contribution in [1.82, 2.24) is 10.2 Å². The van der Waals surface area contributed by atoms with Gasteiger partial charge >= 0.3 is 12.1 Å². The highest BCUT2D eigenvalue weighted by molar-refractivity contribution is 5.84. The third-order valence-corrected chi connectivity index (χ3v) is 2.92. The van der Waals surface area contributed by atoms with Gasteiger partial charge in [0.05, 0.1) is 0 Å². The van der Waals surface area contributed by atoms with Gasteiger partial charge < -0.3 is 20.1 Å². The molecule has 2 atom stereocenters. The highest BCUT2D eigenvalue weighted by atomic mass is 16.6. The second-order valence-corrected chi connectivity index (χ2v) is 6.12. The van der Waals surface area contributed by atoms with E-state index in [-0.39, 0.29) is 12.3 Å². The van der Waals surface area contributed by atoms with E-state index in [2.05, 4.69) is 5.32 Å². The molecule has 0 aromatic rings. The van der Waals surface area contributed by atoms with Crippen molar-refractivity contribution in [3.63, 3.8) is 0 Å². The molecule has 7 heteroatoms. The Balaban J connectivity index is 5.13. The Labute approximate surface area is 132 Å². The molecule has 0 rings (SSSR count). The fourth-order valence-electron chi connectivity index (χ4n) is 2.04. The number of hydrogen-bond donors (Lipinski definition) is 2. The number of alkyl carbamates (subject to hydrolysis) is 1. The van der Waals surface area contributed by atoms with Crippen LogP contribution in [0.25, 0.3) is 0 Å². The van der Waals surface area contributed by atoms with Gasteiger partial charge in [-0.2, -0.15) is 0 Å². The lowest BCUT2D eigenvalue weighted by molar-refractivity contribution is -0.153. The molecule has 22 heavy (non-hydrogen) atoms. The Morgan fingerprint density at radius 2 is 1.77 bits per heavy atom. The lowest BCUT2D eigenvalue weighted by Crippen LogP contribution is -2.56. The first-order valence-electron chi connectivity index (χ1n) is 7.56. The van der Waals surface area contributed by atoms with Gasteiger partial charge in [-0.1, -0.05) is 20.3 Å². The van der Waals surface area contributed by atoms with Crippen LogP contribution in [0.2, 0.25) is 0 Å². The third-order valence-electron chi connectivity index (χ3n) is 2.92. The van der Waals surface area contributed by atoms with Crippen LogP contribution in [-0.4, -0.2) is 45.8 Å². The van der Waals surface area contributed by atoms with Crippen LogP contribution in [0.5, 0.6) is 0 Å². The smallest absolute Gasteiger partial charge is 0.409 e. The van der Waals surface area contributed by atoms with Gasteiger partial charge in [-0.3, -0.25) is 4.79 Å². The van der Waals surface area contributed by atoms with Gasteiger partial charge in [0, 0.05) is 6.42 Å². The molecule has 1 unspecified atom stereocenters. The van der Waals surface area contributed by atoms with Crippen LogP contribution in [0.15, 0.2) is 0 Å². The fourth-order valence-corrected chi connectivity index (χ4v) is 2.04. The average Bonchev–Trinajstić information content (AvgIpc) is 2.34. The number of aliphatic carboxylic acids is 1. The number of carboxylic acids is 1. The molecule has 2 N–H and O–H groups in total. The molecule has 0 aliphatic heterocycles. The second kappa shape index (κ2) is 8.60. The van der Waals surface area contributed by atoms with Crippen LogP contribution < -0.4 is 5.32 Å². The maximum absolute atomic E-state index is 12.1. The molecule has 7 nitrogen and oxygen atoms in total. The van der Waals surface area contributed by atoms with Gasteiger partial charge in [0.25, 0.3) is 0 Å². The van der Waals surface area contributed by atoms with E-state index in [9.17, 15) is 19.5 Å². The minimum atomic E-state index is -1.08. The van der Waals surface area contributed by atoms with E-state index >= 15 is 0 Å². The molecule has 2 amide bonds. The number of carbonyl (C=O) groups is 3. The van der Waals surface area contributed by atoms with Crippen LogP contribution in [0.3, 0.4) is 0 Å². The van der Waals surface area contributed by atoms with Crippen molar-refractivity contribution in [3.05, 3.63) is 0 Å². The zero-order valence-electron chi connectivity index (χ0n) is 14.3. The highest BCUT2D eigenvalue weighted by Crippen LogP contribution is 2.14. The Bertz CT molecular complexity index is 403. The van der Waals surface area contributed by atoms with Crippen molar-refractivity contribution in [1.29, 1.82) is 0 Å². The van der Waals surface area contributed by atoms with Crippen molar-refractivity contribution in [2.45, 2.75) is 78.6 Å². The number of nitrogens with one attached hydrogen (secondary N) is 1. The number of carbonyl (C=O) groups excluding carboxylic acids is 2. The summed E-state index contributed by atoms with van der Waals surface area (Å²) in [6, 6.07) is -0.970. The number of nitrogens with zero attached hydrogens (tertiary/aromatic N) is 1. The van der Waals surface area contributed by atoms with Crippen molar-refractivity contribution in [2.24, 2.45) is 0 Å². The van der Waals surface area contributed by atoms with Gasteiger partial charge in [0.2, 0.25) is 5.91 Å². The van der Waals surface area contributed by atoms with Gasteiger partial charge in [-0.15, -0.1) is 0 Å². The quantitative estimate of drug-likeness (QED) is 0.703. The molecule has 0 spiro atoms. The van der Waals surface area contributed by atoms with E-state index in [0.717, 1.165) is 0 Å². The van der Waals surface area contributed by atoms with E-state index in [4.69, 9.17) is 4.74 Å². The van der Waals surface area contributed by atoms with Gasteiger partial charge in [-0.05, 0) is 34.1 Å². The van der Waals surface area contributed by atoms with E-state index < -0.39 is 29.9 Å². The molecule has 128 valence electrons. The maximum atomic E-state index is 12.1.